The molecule has 2 aromatic heterocycles. The van der Waals surface area contributed by atoms with E-state index < -0.39 is 10.0 Å². The summed E-state index contributed by atoms with van der Waals surface area (Å²) in [6.45, 7) is 7.45. The molecule has 3 rings (SSSR count). The van der Waals surface area contributed by atoms with E-state index in [-0.39, 0.29) is 17.3 Å². The van der Waals surface area contributed by atoms with Crippen LogP contribution >= 0.6 is 0 Å². The van der Waals surface area contributed by atoms with E-state index >= 15 is 0 Å². The molecule has 3 aromatic rings. The SMILES string of the molecule is CC(=O)Nc1ccc(S(=O)(=O)NCCNc2cc(-n3cnc(C)c3C)ncn2)c(C)c1. The second-order valence-corrected chi connectivity index (χ2v) is 8.77. The first kappa shape index (κ1) is 22.4. The molecule has 3 N–H and O–H groups in total. The van der Waals surface area contributed by atoms with Gasteiger partial charge in [0.25, 0.3) is 0 Å². The average Bonchev–Trinajstić information content (AvgIpc) is 3.03. The van der Waals surface area contributed by atoms with Crippen molar-refractivity contribution in [2.24, 2.45) is 0 Å². The molecule has 0 atom stereocenters. The van der Waals surface area contributed by atoms with E-state index in [1.807, 2.05) is 18.4 Å². The summed E-state index contributed by atoms with van der Waals surface area (Å²) in [7, 11) is -3.69. The molecule has 0 saturated heterocycles. The molecule has 0 unspecified atom stereocenters. The van der Waals surface area contributed by atoms with E-state index in [1.165, 1.54) is 19.3 Å². The predicted molar refractivity (Wildman–Crippen MR) is 118 cm³/mol. The molecule has 1 amide bonds. The number of rotatable bonds is 8. The van der Waals surface area contributed by atoms with Crippen LogP contribution in [0.4, 0.5) is 11.5 Å². The summed E-state index contributed by atoms with van der Waals surface area (Å²) in [6, 6.07) is 6.43. The third-order valence-electron chi connectivity index (χ3n) is 4.66. The van der Waals surface area contributed by atoms with Crippen molar-refractivity contribution in [3.05, 3.63) is 53.9 Å². The zero-order valence-corrected chi connectivity index (χ0v) is 18.6. The maximum Gasteiger partial charge on any atom is 0.240 e. The molecule has 0 aliphatic rings. The number of imidazole rings is 1. The molecule has 10 nitrogen and oxygen atoms in total. The van der Waals surface area contributed by atoms with Gasteiger partial charge in [-0.25, -0.2) is 28.1 Å². The van der Waals surface area contributed by atoms with Crippen molar-refractivity contribution in [1.82, 2.24) is 24.2 Å². The third kappa shape index (κ3) is 5.44. The Balaban J connectivity index is 1.60. The van der Waals surface area contributed by atoms with E-state index in [0.29, 0.717) is 29.4 Å². The van der Waals surface area contributed by atoms with Crippen molar-refractivity contribution in [3.8, 4) is 5.82 Å². The first-order valence-electron chi connectivity index (χ1n) is 9.62. The third-order valence-corrected chi connectivity index (χ3v) is 6.28. The fraction of sp³-hybridized carbons (Fsp3) is 0.300. The monoisotopic (exact) mass is 443 g/mol. The summed E-state index contributed by atoms with van der Waals surface area (Å²) in [6.07, 6.45) is 3.14. The van der Waals surface area contributed by atoms with E-state index in [4.69, 9.17) is 0 Å². The van der Waals surface area contributed by atoms with Gasteiger partial charge in [-0.2, -0.15) is 0 Å². The molecule has 0 saturated carbocycles. The van der Waals surface area contributed by atoms with Crippen molar-refractivity contribution in [3.63, 3.8) is 0 Å². The lowest BCUT2D eigenvalue weighted by Crippen LogP contribution is -2.29. The van der Waals surface area contributed by atoms with Crippen LogP contribution in [0.25, 0.3) is 5.82 Å². The zero-order chi connectivity index (χ0) is 22.6. The van der Waals surface area contributed by atoms with Crippen molar-refractivity contribution < 1.29 is 13.2 Å². The molecule has 0 fully saturated rings. The molecule has 11 heteroatoms. The van der Waals surface area contributed by atoms with Crippen LogP contribution in [0.2, 0.25) is 0 Å². The molecule has 164 valence electrons. The molecule has 0 spiro atoms. The molecule has 1 aromatic carbocycles. The first-order valence-corrected chi connectivity index (χ1v) is 11.1. The molecule has 2 heterocycles. The Hall–Kier alpha value is -3.31. The quantitative estimate of drug-likeness (QED) is 0.453. The van der Waals surface area contributed by atoms with E-state index in [2.05, 4.69) is 30.3 Å². The molecular formula is C20H25N7O3S. The fourth-order valence-corrected chi connectivity index (χ4v) is 4.25. The highest BCUT2D eigenvalue weighted by atomic mass is 32.2. The highest BCUT2D eigenvalue weighted by Gasteiger charge is 2.16. The van der Waals surface area contributed by atoms with Crippen LogP contribution in [-0.4, -0.2) is 46.9 Å². The minimum absolute atomic E-state index is 0.164. The number of carbonyl (C=O) groups excluding carboxylic acids is 1. The lowest BCUT2D eigenvalue weighted by atomic mass is 10.2. The molecular weight excluding hydrogens is 418 g/mol. The van der Waals surface area contributed by atoms with Gasteiger partial charge in [0.15, 0.2) is 0 Å². The number of carbonyl (C=O) groups is 1. The average molecular weight is 444 g/mol. The number of benzene rings is 1. The fourth-order valence-electron chi connectivity index (χ4n) is 2.99. The lowest BCUT2D eigenvalue weighted by molar-refractivity contribution is -0.114. The zero-order valence-electron chi connectivity index (χ0n) is 17.8. The van der Waals surface area contributed by atoms with Crippen LogP contribution in [-0.2, 0) is 14.8 Å². The van der Waals surface area contributed by atoms with Gasteiger partial charge < -0.3 is 10.6 Å². The summed E-state index contributed by atoms with van der Waals surface area (Å²) >= 11 is 0. The van der Waals surface area contributed by atoms with Crippen LogP contribution in [0.1, 0.15) is 23.9 Å². The summed E-state index contributed by atoms with van der Waals surface area (Å²) in [5, 5.41) is 5.73. The number of hydrogen-bond donors (Lipinski definition) is 3. The Kier molecular flexibility index (Phi) is 6.66. The maximum atomic E-state index is 12.6. The Morgan fingerprint density at radius 2 is 1.84 bits per heavy atom. The lowest BCUT2D eigenvalue weighted by Gasteiger charge is -2.12. The summed E-state index contributed by atoms with van der Waals surface area (Å²) < 4.78 is 29.7. The Morgan fingerprint density at radius 3 is 2.48 bits per heavy atom. The van der Waals surface area contributed by atoms with Gasteiger partial charge in [-0.3, -0.25) is 9.36 Å². The number of nitrogens with one attached hydrogen (secondary N) is 3. The van der Waals surface area contributed by atoms with Gasteiger partial charge in [0.1, 0.15) is 24.3 Å². The number of anilines is 2. The number of nitrogens with zero attached hydrogens (tertiary/aromatic N) is 4. The van der Waals surface area contributed by atoms with E-state index in [9.17, 15) is 13.2 Å². The summed E-state index contributed by atoms with van der Waals surface area (Å²) in [4.78, 5) is 24.0. The van der Waals surface area contributed by atoms with E-state index in [1.54, 1.807) is 31.5 Å². The Bertz CT molecular complexity index is 1210. The van der Waals surface area contributed by atoms with Gasteiger partial charge in [0.05, 0.1) is 10.6 Å². The largest absolute Gasteiger partial charge is 0.369 e. The highest BCUT2D eigenvalue weighted by Crippen LogP contribution is 2.19. The van der Waals surface area contributed by atoms with Gasteiger partial charge in [0, 0.05) is 37.5 Å². The Labute approximate surface area is 181 Å². The second kappa shape index (κ2) is 9.23. The van der Waals surface area contributed by atoms with Crippen molar-refractivity contribution in [2.45, 2.75) is 32.6 Å². The van der Waals surface area contributed by atoms with Crippen LogP contribution in [0.3, 0.4) is 0 Å². The highest BCUT2D eigenvalue weighted by molar-refractivity contribution is 7.89. The van der Waals surface area contributed by atoms with Crippen molar-refractivity contribution >= 4 is 27.4 Å². The molecule has 0 aliphatic carbocycles. The number of aromatic nitrogens is 4. The van der Waals surface area contributed by atoms with E-state index in [0.717, 1.165) is 11.4 Å². The number of sulfonamides is 1. The molecule has 0 aliphatic heterocycles. The molecule has 31 heavy (non-hydrogen) atoms. The molecule has 0 radical (unpaired) electrons. The van der Waals surface area contributed by atoms with Crippen LogP contribution in [0, 0.1) is 20.8 Å². The maximum absolute atomic E-state index is 12.6. The second-order valence-electron chi connectivity index (χ2n) is 7.03. The van der Waals surface area contributed by atoms with Gasteiger partial charge in [-0.05, 0) is 44.5 Å². The smallest absolute Gasteiger partial charge is 0.240 e. The first-order chi connectivity index (χ1) is 14.7. The minimum atomic E-state index is -3.69. The number of aryl methyl sites for hydroxylation is 2. The Morgan fingerprint density at radius 1 is 1.06 bits per heavy atom. The normalized spacial score (nSPS) is 11.4. The van der Waals surface area contributed by atoms with Gasteiger partial charge in [0.2, 0.25) is 15.9 Å². The van der Waals surface area contributed by atoms with Crippen molar-refractivity contribution in [1.29, 1.82) is 0 Å². The van der Waals surface area contributed by atoms with Crippen LogP contribution < -0.4 is 15.4 Å². The topological polar surface area (TPSA) is 131 Å². The number of hydrogen-bond acceptors (Lipinski definition) is 7. The summed E-state index contributed by atoms with van der Waals surface area (Å²) in [5.41, 5.74) is 2.99. The van der Waals surface area contributed by atoms with Crippen molar-refractivity contribution in [2.75, 3.05) is 23.7 Å². The van der Waals surface area contributed by atoms with Gasteiger partial charge >= 0.3 is 0 Å². The standard InChI is InChI=1S/C20H25N7O3S/c1-13-9-17(26-16(4)28)5-6-18(13)31(29,30)25-8-7-21-19-10-20(23-11-22-19)27-12-24-14(2)15(27)3/h5-6,9-12,25H,7-8H2,1-4H3,(H,26,28)(H,21,22,23). The van der Waals surface area contributed by atoms with Crippen LogP contribution in [0.5, 0.6) is 0 Å². The number of amides is 1. The summed E-state index contributed by atoms with van der Waals surface area (Å²) in [5.74, 6) is 1.03. The molecule has 0 bridgehead atoms. The van der Waals surface area contributed by atoms with Crippen LogP contribution in [0.15, 0.2) is 41.8 Å². The predicted octanol–water partition coefficient (Wildman–Crippen LogP) is 1.94. The van der Waals surface area contributed by atoms with Gasteiger partial charge in [-0.15, -0.1) is 0 Å². The van der Waals surface area contributed by atoms with Gasteiger partial charge in [-0.1, -0.05) is 0 Å². The minimum Gasteiger partial charge on any atom is -0.369 e.